The number of methoxy groups -OCH3 is 2. The fraction of sp³-hybridized carbons (Fsp3) is 0.519. The van der Waals surface area contributed by atoms with Crippen LogP contribution in [-0.2, 0) is 11.2 Å². The number of hydrogen-bond donors (Lipinski definition) is 0. The van der Waals surface area contributed by atoms with Crippen LogP contribution in [0.1, 0.15) is 37.4 Å². The molecule has 33 heavy (non-hydrogen) atoms. The molecule has 0 bridgehead atoms. The van der Waals surface area contributed by atoms with Crippen molar-refractivity contribution in [1.82, 2.24) is 14.1 Å². The second-order valence-electron chi connectivity index (χ2n) is 9.81. The van der Waals surface area contributed by atoms with E-state index < -0.39 is 0 Å². The Morgan fingerprint density at radius 1 is 1.12 bits per heavy atom. The van der Waals surface area contributed by atoms with E-state index in [-0.39, 0.29) is 0 Å². The molecule has 176 valence electrons. The SMILES string of the molecule is CCc1nn2c(-c3c(OC)cc(C)cc3OC)cccc2c1[N+](C)(CC1CC1)C1CCOC1. The van der Waals surface area contributed by atoms with Gasteiger partial charge in [0.25, 0.3) is 0 Å². The number of benzene rings is 1. The highest BCUT2D eigenvalue weighted by molar-refractivity contribution is 5.82. The van der Waals surface area contributed by atoms with Crippen LogP contribution in [0.2, 0.25) is 0 Å². The van der Waals surface area contributed by atoms with Crippen LogP contribution >= 0.6 is 0 Å². The van der Waals surface area contributed by atoms with Crippen molar-refractivity contribution in [2.75, 3.05) is 41.0 Å². The summed E-state index contributed by atoms with van der Waals surface area (Å²) < 4.78 is 20.5. The van der Waals surface area contributed by atoms with Gasteiger partial charge in [0.05, 0.1) is 52.3 Å². The van der Waals surface area contributed by atoms with E-state index in [2.05, 4.69) is 55.7 Å². The Hall–Kier alpha value is -2.57. The lowest BCUT2D eigenvalue weighted by Crippen LogP contribution is -2.55. The summed E-state index contributed by atoms with van der Waals surface area (Å²) in [5.74, 6) is 2.40. The first-order chi connectivity index (χ1) is 16.0. The molecule has 0 N–H and O–H groups in total. The van der Waals surface area contributed by atoms with E-state index >= 15 is 0 Å². The molecule has 0 amide bonds. The van der Waals surface area contributed by atoms with Crippen molar-refractivity contribution in [3.05, 3.63) is 41.6 Å². The Morgan fingerprint density at radius 2 is 1.85 bits per heavy atom. The van der Waals surface area contributed by atoms with E-state index in [1.54, 1.807) is 14.2 Å². The fourth-order valence-electron chi connectivity index (χ4n) is 5.61. The molecule has 3 heterocycles. The molecule has 3 aromatic rings. The predicted molar refractivity (Wildman–Crippen MR) is 132 cm³/mol. The minimum absolute atomic E-state index is 0.469. The number of quaternary nitrogens is 1. The predicted octanol–water partition coefficient (Wildman–Crippen LogP) is 5.03. The summed E-state index contributed by atoms with van der Waals surface area (Å²) in [6, 6.07) is 11.1. The molecule has 6 heteroatoms. The lowest BCUT2D eigenvalue weighted by molar-refractivity contribution is 0.158. The van der Waals surface area contributed by atoms with Crippen LogP contribution in [0.3, 0.4) is 0 Å². The largest absolute Gasteiger partial charge is 0.496 e. The van der Waals surface area contributed by atoms with Gasteiger partial charge >= 0.3 is 0 Å². The van der Waals surface area contributed by atoms with Crippen molar-refractivity contribution in [2.24, 2.45) is 5.92 Å². The smallest absolute Gasteiger partial charge is 0.182 e. The van der Waals surface area contributed by atoms with E-state index in [0.29, 0.717) is 6.04 Å². The van der Waals surface area contributed by atoms with Gasteiger partial charge in [-0.2, -0.15) is 5.10 Å². The standard InChI is InChI=1S/C27H36N3O3/c1-6-21-27(30(3,16-19-10-11-19)20-12-13-33-17-20)23-9-7-8-22(29(23)28-21)26-24(31-4)14-18(2)15-25(26)32-5/h7-9,14-15,19-20H,6,10-13,16-17H2,1-5H3/q+1. The monoisotopic (exact) mass is 450 g/mol. The second kappa shape index (κ2) is 8.65. The number of aromatic nitrogens is 2. The summed E-state index contributed by atoms with van der Waals surface area (Å²) >= 11 is 0. The molecule has 2 fully saturated rings. The molecule has 5 rings (SSSR count). The van der Waals surface area contributed by atoms with E-state index in [4.69, 9.17) is 19.3 Å². The molecule has 2 unspecified atom stereocenters. The Balaban J connectivity index is 1.75. The van der Waals surface area contributed by atoms with Crippen LogP contribution in [0.4, 0.5) is 5.69 Å². The van der Waals surface area contributed by atoms with Crippen LogP contribution in [0.15, 0.2) is 30.3 Å². The minimum atomic E-state index is 0.469. The molecule has 1 aliphatic heterocycles. The quantitative estimate of drug-likeness (QED) is 0.452. The third-order valence-electron chi connectivity index (χ3n) is 7.50. The molecular formula is C27H36N3O3+. The number of rotatable bonds is 8. The summed E-state index contributed by atoms with van der Waals surface area (Å²) in [5, 5.41) is 5.20. The van der Waals surface area contributed by atoms with Gasteiger partial charge in [0, 0.05) is 12.3 Å². The number of fused-ring (bicyclic) bond motifs is 1. The highest BCUT2D eigenvalue weighted by atomic mass is 16.5. The molecule has 0 spiro atoms. The average molecular weight is 451 g/mol. The van der Waals surface area contributed by atoms with Crippen molar-refractivity contribution in [3.8, 4) is 22.8 Å². The summed E-state index contributed by atoms with van der Waals surface area (Å²) in [7, 11) is 5.84. The van der Waals surface area contributed by atoms with Gasteiger partial charge < -0.3 is 14.2 Å². The lowest BCUT2D eigenvalue weighted by atomic mass is 10.0. The van der Waals surface area contributed by atoms with Crippen LogP contribution < -0.4 is 14.0 Å². The number of ether oxygens (including phenoxy) is 3. The van der Waals surface area contributed by atoms with Crippen LogP contribution in [0.5, 0.6) is 11.5 Å². The van der Waals surface area contributed by atoms with E-state index in [9.17, 15) is 0 Å². The molecule has 2 atom stereocenters. The van der Waals surface area contributed by atoms with Crippen molar-refractivity contribution in [1.29, 1.82) is 0 Å². The number of hydrogen-bond acceptors (Lipinski definition) is 4. The number of aryl methyl sites for hydroxylation is 2. The van der Waals surface area contributed by atoms with Gasteiger partial charge in [-0.3, -0.25) is 4.48 Å². The summed E-state index contributed by atoms with van der Waals surface area (Å²) in [6.07, 6.45) is 4.67. The molecule has 6 nitrogen and oxygen atoms in total. The average Bonchev–Trinajstić information content (AvgIpc) is 3.29. The van der Waals surface area contributed by atoms with Crippen molar-refractivity contribution in [2.45, 2.75) is 45.6 Å². The first kappa shape index (κ1) is 22.2. The Labute approximate surface area is 196 Å². The molecule has 1 aromatic carbocycles. The summed E-state index contributed by atoms with van der Waals surface area (Å²) in [6.45, 7) is 7.10. The normalized spacial score (nSPS) is 20.2. The molecule has 2 aromatic heterocycles. The van der Waals surface area contributed by atoms with Gasteiger partial charge in [-0.25, -0.2) is 4.52 Å². The highest BCUT2D eigenvalue weighted by Crippen LogP contribution is 2.44. The maximum Gasteiger partial charge on any atom is 0.182 e. The maximum atomic E-state index is 5.88. The molecule has 2 aliphatic rings. The molecule has 1 saturated heterocycles. The number of nitrogens with zero attached hydrogens (tertiary/aromatic N) is 3. The van der Waals surface area contributed by atoms with E-state index in [1.165, 1.54) is 29.7 Å². The molecule has 1 saturated carbocycles. The third kappa shape index (κ3) is 3.79. The van der Waals surface area contributed by atoms with Crippen molar-refractivity contribution < 1.29 is 14.2 Å². The van der Waals surface area contributed by atoms with Gasteiger partial charge in [-0.05, 0) is 56.0 Å². The van der Waals surface area contributed by atoms with E-state index in [1.807, 2.05) is 0 Å². The fourth-order valence-corrected chi connectivity index (χ4v) is 5.61. The Bertz CT molecular complexity index is 1140. The Morgan fingerprint density at radius 3 is 2.42 bits per heavy atom. The van der Waals surface area contributed by atoms with Gasteiger partial charge in [0.2, 0.25) is 0 Å². The topological polar surface area (TPSA) is 45.0 Å². The summed E-state index contributed by atoms with van der Waals surface area (Å²) in [4.78, 5) is 0. The zero-order valence-electron chi connectivity index (χ0n) is 20.6. The summed E-state index contributed by atoms with van der Waals surface area (Å²) in [5.41, 5.74) is 6.72. The molecular weight excluding hydrogens is 414 g/mol. The van der Waals surface area contributed by atoms with E-state index in [0.717, 1.165) is 71.3 Å². The van der Waals surface area contributed by atoms with Crippen molar-refractivity contribution in [3.63, 3.8) is 0 Å². The second-order valence-corrected chi connectivity index (χ2v) is 9.81. The molecule has 0 radical (unpaired) electrons. The van der Waals surface area contributed by atoms with Crippen LogP contribution in [0.25, 0.3) is 16.8 Å². The van der Waals surface area contributed by atoms with Crippen LogP contribution in [0, 0.1) is 12.8 Å². The lowest BCUT2D eigenvalue weighted by Gasteiger charge is -2.39. The number of pyridine rings is 1. The number of likely N-dealkylation sites (N-methyl/N-ethyl adjacent to an activating group) is 1. The minimum Gasteiger partial charge on any atom is -0.496 e. The zero-order chi connectivity index (χ0) is 23.2. The first-order valence-corrected chi connectivity index (χ1v) is 12.2. The van der Waals surface area contributed by atoms with Crippen LogP contribution in [-0.4, -0.2) is 56.7 Å². The molecule has 1 aliphatic carbocycles. The third-order valence-corrected chi connectivity index (χ3v) is 7.50. The van der Waals surface area contributed by atoms with Gasteiger partial charge in [0.1, 0.15) is 28.8 Å². The Kier molecular flexibility index (Phi) is 5.83. The maximum absolute atomic E-state index is 5.88. The first-order valence-electron chi connectivity index (χ1n) is 12.2. The van der Waals surface area contributed by atoms with Gasteiger partial charge in [-0.1, -0.05) is 13.0 Å². The van der Waals surface area contributed by atoms with Gasteiger partial charge in [0.15, 0.2) is 5.69 Å². The zero-order valence-corrected chi connectivity index (χ0v) is 20.6. The van der Waals surface area contributed by atoms with Crippen molar-refractivity contribution >= 4 is 11.2 Å². The highest BCUT2D eigenvalue weighted by Gasteiger charge is 2.45. The van der Waals surface area contributed by atoms with Gasteiger partial charge in [-0.15, -0.1) is 0 Å².